The van der Waals surface area contributed by atoms with Gasteiger partial charge in [0.1, 0.15) is 22.1 Å². The van der Waals surface area contributed by atoms with E-state index in [0.29, 0.717) is 11.5 Å². The normalized spacial score (nSPS) is 13.2. The molecule has 6 nitrogen and oxygen atoms in total. The number of ether oxygens (including phenoxy) is 2. The standard InChI is InChI=1S/C35H26N4O2/c1-4-38-26-9-7-6-8-20(26)32-28(38)14-11-22-34(32)40-30-17-25-31(18-24(30)36-22)41-35-23(37-25)12-15-29-33(35)21-16-19(3)10-13-27(21)39(29)5-2/h6-18H,4-5H2,1-3H3. The molecule has 5 aromatic carbocycles. The Hall–Kier alpha value is -5.10. The molecule has 0 N–H and O–H groups in total. The van der Waals surface area contributed by atoms with Crippen molar-refractivity contribution in [1.82, 2.24) is 9.13 Å². The van der Waals surface area contributed by atoms with Crippen LogP contribution in [0.1, 0.15) is 19.4 Å². The first-order valence-corrected chi connectivity index (χ1v) is 14.2. The molecular formula is C35H26N4O2. The van der Waals surface area contributed by atoms with E-state index in [0.717, 1.165) is 68.5 Å². The molecule has 198 valence electrons. The number of fused-ring (bicyclic) bond motifs is 12. The maximum absolute atomic E-state index is 6.67. The average molecular weight is 535 g/mol. The molecule has 0 saturated carbocycles. The molecule has 2 aliphatic rings. The van der Waals surface area contributed by atoms with Crippen molar-refractivity contribution in [3.05, 3.63) is 95.1 Å². The summed E-state index contributed by atoms with van der Waals surface area (Å²) in [6.45, 7) is 8.24. The van der Waals surface area contributed by atoms with Crippen molar-refractivity contribution in [3.63, 3.8) is 0 Å². The van der Waals surface area contributed by atoms with E-state index in [1.54, 1.807) is 0 Å². The first-order valence-electron chi connectivity index (χ1n) is 14.2. The minimum Gasteiger partial charge on any atom is -0.452 e. The molecule has 7 aromatic rings. The van der Waals surface area contributed by atoms with Gasteiger partial charge in [0.15, 0.2) is 23.0 Å². The summed E-state index contributed by atoms with van der Waals surface area (Å²) < 4.78 is 18.0. The van der Waals surface area contributed by atoms with Gasteiger partial charge < -0.3 is 18.6 Å². The summed E-state index contributed by atoms with van der Waals surface area (Å²) in [6.07, 6.45) is 0. The second-order valence-electron chi connectivity index (χ2n) is 10.9. The van der Waals surface area contributed by atoms with Gasteiger partial charge in [-0.2, -0.15) is 0 Å². The summed E-state index contributed by atoms with van der Waals surface area (Å²) in [5.41, 5.74) is 7.57. The van der Waals surface area contributed by atoms with Gasteiger partial charge in [-0.15, -0.1) is 0 Å². The molecule has 2 aliphatic heterocycles. The minimum absolute atomic E-state index is 0.687. The lowest BCUT2D eigenvalue weighted by molar-refractivity contribution is 0.456. The third-order valence-corrected chi connectivity index (χ3v) is 8.57. The number of aromatic nitrogens is 2. The van der Waals surface area contributed by atoms with Crippen molar-refractivity contribution in [3.8, 4) is 23.0 Å². The molecule has 0 aliphatic carbocycles. The van der Waals surface area contributed by atoms with Crippen molar-refractivity contribution in [1.29, 1.82) is 0 Å². The third-order valence-electron chi connectivity index (χ3n) is 8.57. The summed E-state index contributed by atoms with van der Waals surface area (Å²) in [6, 6.07) is 27.4. The summed E-state index contributed by atoms with van der Waals surface area (Å²) in [5.74, 6) is 2.96. The van der Waals surface area contributed by atoms with E-state index in [1.807, 2.05) is 12.1 Å². The Kier molecular flexibility index (Phi) is 4.42. The van der Waals surface area contributed by atoms with Crippen LogP contribution in [0.3, 0.4) is 0 Å². The average Bonchev–Trinajstić information content (AvgIpc) is 3.50. The maximum atomic E-state index is 6.67. The topological polar surface area (TPSA) is 53.0 Å². The molecule has 0 radical (unpaired) electrons. The smallest absolute Gasteiger partial charge is 0.163 e. The van der Waals surface area contributed by atoms with E-state index >= 15 is 0 Å². The number of hydrogen-bond donors (Lipinski definition) is 0. The quantitative estimate of drug-likeness (QED) is 0.224. The fourth-order valence-corrected chi connectivity index (χ4v) is 6.78. The van der Waals surface area contributed by atoms with E-state index in [-0.39, 0.29) is 0 Å². The van der Waals surface area contributed by atoms with Crippen molar-refractivity contribution in [2.45, 2.75) is 33.9 Å². The number of benzene rings is 5. The fraction of sp³-hybridized carbons (Fsp3) is 0.143. The Bertz CT molecular complexity index is 2410. The molecule has 2 aromatic heterocycles. The Balaban J connectivity index is 1.26. The van der Waals surface area contributed by atoms with E-state index in [2.05, 4.69) is 96.6 Å². The number of rotatable bonds is 2. The van der Waals surface area contributed by atoms with Crippen LogP contribution >= 0.6 is 0 Å². The minimum atomic E-state index is 0.687. The van der Waals surface area contributed by atoms with E-state index in [9.17, 15) is 0 Å². The largest absolute Gasteiger partial charge is 0.452 e. The molecule has 0 fully saturated rings. The van der Waals surface area contributed by atoms with Crippen LogP contribution in [-0.2, 0) is 13.1 Å². The van der Waals surface area contributed by atoms with Gasteiger partial charge in [-0.25, -0.2) is 9.98 Å². The second-order valence-corrected chi connectivity index (χ2v) is 10.9. The summed E-state index contributed by atoms with van der Waals surface area (Å²) in [4.78, 5) is 10.1. The van der Waals surface area contributed by atoms with E-state index < -0.39 is 0 Å². The number of nitrogens with zero attached hydrogens (tertiary/aromatic N) is 4. The number of hydrogen-bond acceptors (Lipinski definition) is 4. The molecule has 0 bridgehead atoms. The Morgan fingerprint density at radius 3 is 1.73 bits per heavy atom. The van der Waals surface area contributed by atoms with E-state index in [1.165, 1.54) is 27.4 Å². The van der Waals surface area contributed by atoms with E-state index in [4.69, 9.17) is 19.5 Å². The van der Waals surface area contributed by atoms with Crippen LogP contribution in [0, 0.1) is 6.92 Å². The molecule has 0 unspecified atom stereocenters. The lowest BCUT2D eigenvalue weighted by Crippen LogP contribution is -2.18. The molecule has 0 amide bonds. The number of aryl methyl sites for hydroxylation is 3. The lowest BCUT2D eigenvalue weighted by atomic mass is 10.1. The Morgan fingerprint density at radius 1 is 0.585 bits per heavy atom. The van der Waals surface area contributed by atoms with Crippen LogP contribution < -0.4 is 20.2 Å². The monoisotopic (exact) mass is 534 g/mol. The van der Waals surface area contributed by atoms with Crippen LogP contribution in [0.5, 0.6) is 23.0 Å². The first-order chi connectivity index (χ1) is 20.1. The SMILES string of the molecule is CCn1c2ccccc2c2c3c(ccc21)N=c1cc2c(cc1O3)=Nc1ccc3c(c1O2)c1cc(C)ccc1n3CC. The highest BCUT2D eigenvalue weighted by Crippen LogP contribution is 2.47. The van der Waals surface area contributed by atoms with Crippen LogP contribution in [-0.4, -0.2) is 9.13 Å². The zero-order valence-corrected chi connectivity index (χ0v) is 23.0. The van der Waals surface area contributed by atoms with Gasteiger partial charge in [0.25, 0.3) is 0 Å². The highest BCUT2D eigenvalue weighted by Gasteiger charge is 2.25. The Morgan fingerprint density at radius 2 is 1.12 bits per heavy atom. The molecule has 9 rings (SSSR count). The van der Waals surface area contributed by atoms with Gasteiger partial charge in [-0.05, 0) is 63.2 Å². The predicted molar refractivity (Wildman–Crippen MR) is 163 cm³/mol. The van der Waals surface area contributed by atoms with Gasteiger partial charge in [0.05, 0.1) is 21.8 Å². The summed E-state index contributed by atoms with van der Waals surface area (Å²) in [5, 5.41) is 6.04. The molecule has 4 heterocycles. The van der Waals surface area contributed by atoms with Gasteiger partial charge in [-0.3, -0.25) is 0 Å². The van der Waals surface area contributed by atoms with Crippen molar-refractivity contribution >= 4 is 55.0 Å². The molecule has 0 saturated heterocycles. The summed E-state index contributed by atoms with van der Waals surface area (Å²) in [7, 11) is 0. The lowest BCUT2D eigenvalue weighted by Gasteiger charge is -2.19. The fourth-order valence-electron chi connectivity index (χ4n) is 6.78. The van der Waals surface area contributed by atoms with Gasteiger partial charge in [0, 0.05) is 47.0 Å². The van der Waals surface area contributed by atoms with Gasteiger partial charge in [0.2, 0.25) is 0 Å². The Labute approximate surface area is 235 Å². The van der Waals surface area contributed by atoms with Gasteiger partial charge in [-0.1, -0.05) is 29.8 Å². The van der Waals surface area contributed by atoms with Crippen LogP contribution in [0.4, 0.5) is 11.4 Å². The van der Waals surface area contributed by atoms with Crippen LogP contribution in [0.25, 0.3) is 43.6 Å². The van der Waals surface area contributed by atoms with Crippen LogP contribution in [0.15, 0.2) is 88.8 Å². The van der Waals surface area contributed by atoms with Crippen LogP contribution in [0.2, 0.25) is 0 Å². The zero-order valence-electron chi connectivity index (χ0n) is 23.0. The third kappa shape index (κ3) is 2.96. The summed E-state index contributed by atoms with van der Waals surface area (Å²) >= 11 is 0. The molecule has 41 heavy (non-hydrogen) atoms. The first kappa shape index (κ1) is 22.7. The molecule has 6 heteroatoms. The van der Waals surface area contributed by atoms with Crippen molar-refractivity contribution < 1.29 is 9.47 Å². The molecule has 0 spiro atoms. The molecule has 0 atom stereocenters. The predicted octanol–water partition coefficient (Wildman–Crippen LogP) is 8.36. The van der Waals surface area contributed by atoms with Gasteiger partial charge >= 0.3 is 0 Å². The van der Waals surface area contributed by atoms with Crippen molar-refractivity contribution in [2.24, 2.45) is 9.98 Å². The molecular weight excluding hydrogens is 508 g/mol. The zero-order chi connectivity index (χ0) is 27.4. The second kappa shape index (κ2) is 7.98. The maximum Gasteiger partial charge on any atom is 0.163 e. The number of para-hydroxylation sites is 1. The van der Waals surface area contributed by atoms with Crippen molar-refractivity contribution in [2.75, 3.05) is 0 Å². The highest BCUT2D eigenvalue weighted by molar-refractivity contribution is 6.14. The highest BCUT2D eigenvalue weighted by atomic mass is 16.5.